The highest BCUT2D eigenvalue weighted by atomic mass is 16.7. The quantitative estimate of drug-likeness (QED) is 0.312. The molecular formula is C38H42N2O10. The molecule has 6 unspecified atom stereocenters. The van der Waals surface area contributed by atoms with Crippen LogP contribution in [0.5, 0.6) is 28.7 Å². The SMILES string of the molecule is COc1ccc(C23Oc4cc5c(c(OC)c4C(O)(C(C(=O)N4CCCC4NC(=O)CC(C)C)C2c2ccccc2)C3OC(C)=O)OCO5)cc1. The van der Waals surface area contributed by atoms with Crippen LogP contribution < -0.4 is 29.0 Å². The molecule has 2 N–H and O–H groups in total. The summed E-state index contributed by atoms with van der Waals surface area (Å²) in [7, 11) is 2.98. The van der Waals surface area contributed by atoms with E-state index in [4.69, 9.17) is 28.4 Å². The average molecular weight is 687 g/mol. The Hall–Kier alpha value is -4.97. The van der Waals surface area contributed by atoms with Gasteiger partial charge in [-0.25, -0.2) is 0 Å². The van der Waals surface area contributed by atoms with E-state index >= 15 is 4.79 Å². The summed E-state index contributed by atoms with van der Waals surface area (Å²) in [5.74, 6) is -1.96. The summed E-state index contributed by atoms with van der Waals surface area (Å²) in [6.45, 7) is 5.43. The molecule has 264 valence electrons. The lowest BCUT2D eigenvalue weighted by Crippen LogP contribution is -2.57. The lowest BCUT2D eigenvalue weighted by Gasteiger charge is -2.46. The largest absolute Gasteiger partial charge is 0.497 e. The van der Waals surface area contributed by atoms with E-state index in [1.54, 1.807) is 42.3 Å². The van der Waals surface area contributed by atoms with Gasteiger partial charge in [-0.15, -0.1) is 0 Å². The molecule has 2 fully saturated rings. The second kappa shape index (κ2) is 12.7. The van der Waals surface area contributed by atoms with Gasteiger partial charge >= 0.3 is 5.97 Å². The van der Waals surface area contributed by atoms with Crippen LogP contribution in [0, 0.1) is 11.8 Å². The maximum absolute atomic E-state index is 15.4. The molecule has 12 nitrogen and oxygen atoms in total. The van der Waals surface area contributed by atoms with Gasteiger partial charge in [0.2, 0.25) is 24.4 Å². The van der Waals surface area contributed by atoms with E-state index in [1.165, 1.54) is 14.0 Å². The van der Waals surface area contributed by atoms with Crippen molar-refractivity contribution in [3.05, 3.63) is 77.4 Å². The number of rotatable bonds is 9. The Kier molecular flexibility index (Phi) is 8.53. The van der Waals surface area contributed by atoms with Crippen LogP contribution in [0.15, 0.2) is 60.7 Å². The molecule has 0 spiro atoms. The molecule has 3 aromatic carbocycles. The number of carbonyl (C=O) groups is 3. The molecule has 7 rings (SSSR count). The molecule has 12 heteroatoms. The highest BCUT2D eigenvalue weighted by molar-refractivity contribution is 5.87. The first-order chi connectivity index (χ1) is 24.0. The fraction of sp³-hybridized carbons (Fsp3) is 0.447. The lowest BCUT2D eigenvalue weighted by molar-refractivity contribution is -0.196. The Bertz CT molecular complexity index is 1800. The molecule has 50 heavy (non-hydrogen) atoms. The van der Waals surface area contributed by atoms with Crippen molar-refractivity contribution < 1.29 is 47.9 Å². The molecule has 3 aliphatic heterocycles. The molecule has 3 aromatic rings. The van der Waals surface area contributed by atoms with Crippen molar-refractivity contribution in [1.29, 1.82) is 0 Å². The van der Waals surface area contributed by atoms with Crippen LogP contribution in [0.3, 0.4) is 0 Å². The van der Waals surface area contributed by atoms with Gasteiger partial charge in [-0.2, -0.15) is 0 Å². The third-order valence-corrected chi connectivity index (χ3v) is 10.2. The summed E-state index contributed by atoms with van der Waals surface area (Å²) in [6.07, 6.45) is -0.566. The lowest BCUT2D eigenvalue weighted by atomic mass is 9.75. The first-order valence-electron chi connectivity index (χ1n) is 16.9. The number of nitrogens with zero attached hydrogens (tertiary/aromatic N) is 1. The summed E-state index contributed by atoms with van der Waals surface area (Å²) in [5, 5.41) is 16.7. The number of nitrogens with one attached hydrogen (secondary N) is 1. The van der Waals surface area contributed by atoms with Gasteiger partial charge in [0.25, 0.3) is 0 Å². The van der Waals surface area contributed by atoms with E-state index in [-0.39, 0.29) is 41.4 Å². The van der Waals surface area contributed by atoms with Crippen LogP contribution in [0.4, 0.5) is 0 Å². The van der Waals surface area contributed by atoms with E-state index in [1.807, 2.05) is 44.2 Å². The van der Waals surface area contributed by atoms with Crippen molar-refractivity contribution in [2.24, 2.45) is 11.8 Å². The normalized spacial score (nSPS) is 27.4. The first kappa shape index (κ1) is 33.5. The molecule has 2 amide bonds. The predicted octanol–water partition coefficient (Wildman–Crippen LogP) is 4.36. The van der Waals surface area contributed by atoms with E-state index in [0.29, 0.717) is 48.4 Å². The van der Waals surface area contributed by atoms with E-state index < -0.39 is 47.2 Å². The zero-order chi connectivity index (χ0) is 35.4. The Labute approximate surface area is 290 Å². The van der Waals surface area contributed by atoms with Gasteiger partial charge in [-0.05, 0) is 36.5 Å². The molecular weight excluding hydrogens is 644 g/mol. The van der Waals surface area contributed by atoms with Gasteiger partial charge in [0.1, 0.15) is 17.7 Å². The monoisotopic (exact) mass is 686 g/mol. The number of benzene rings is 3. The Morgan fingerprint density at radius 3 is 2.42 bits per heavy atom. The number of fused-ring (bicyclic) bond motifs is 5. The predicted molar refractivity (Wildman–Crippen MR) is 179 cm³/mol. The van der Waals surface area contributed by atoms with Crippen LogP contribution in [0.25, 0.3) is 0 Å². The number of amides is 2. The van der Waals surface area contributed by atoms with Gasteiger partial charge in [0.15, 0.2) is 28.8 Å². The summed E-state index contributed by atoms with van der Waals surface area (Å²) in [4.78, 5) is 43.2. The van der Waals surface area contributed by atoms with Gasteiger partial charge in [-0.3, -0.25) is 14.4 Å². The molecule has 6 atom stereocenters. The zero-order valence-electron chi connectivity index (χ0n) is 28.8. The number of hydrogen-bond donors (Lipinski definition) is 2. The van der Waals surface area contributed by atoms with Gasteiger partial charge in [0.05, 0.1) is 25.7 Å². The molecule has 0 aromatic heterocycles. The fourth-order valence-electron chi connectivity index (χ4n) is 8.38. The highest BCUT2D eigenvalue weighted by Crippen LogP contribution is 2.70. The van der Waals surface area contributed by atoms with Crippen LogP contribution in [-0.2, 0) is 30.3 Å². The van der Waals surface area contributed by atoms with E-state index in [2.05, 4.69) is 5.32 Å². The highest BCUT2D eigenvalue weighted by Gasteiger charge is 2.78. The maximum Gasteiger partial charge on any atom is 0.303 e. The number of aliphatic hydroxyl groups is 1. The van der Waals surface area contributed by atoms with Gasteiger partial charge < -0.3 is 43.7 Å². The number of likely N-dealkylation sites (tertiary alicyclic amines) is 1. The molecule has 0 radical (unpaired) electrons. The standard InChI is InChI=1S/C38H42N2O10/c1-21(2)18-29(42)39-28-12-9-17-40(28)35(43)32-30(23-10-7-6-8-11-23)38(24-13-15-25(45-4)16-14-24)36(49-22(3)41)37(32,44)31-26(50-38)19-27-33(34(31)46-5)48-20-47-27/h6-8,10-11,13-16,19,21,28,30,32,36,44H,9,12,17-18,20H2,1-5H3,(H,39,42). The summed E-state index contributed by atoms with van der Waals surface area (Å²) >= 11 is 0. The number of esters is 1. The summed E-state index contributed by atoms with van der Waals surface area (Å²) in [5.41, 5.74) is -2.58. The zero-order valence-corrected chi connectivity index (χ0v) is 28.8. The minimum absolute atomic E-state index is 0.0927. The van der Waals surface area contributed by atoms with Crippen molar-refractivity contribution in [2.45, 2.75) is 69.4 Å². The smallest absolute Gasteiger partial charge is 0.303 e. The van der Waals surface area contributed by atoms with Gasteiger partial charge in [0, 0.05) is 37.4 Å². The Morgan fingerprint density at radius 1 is 1.02 bits per heavy atom. The molecule has 2 bridgehead atoms. The number of methoxy groups -OCH3 is 2. The van der Waals surface area contributed by atoms with Crippen molar-refractivity contribution in [3.63, 3.8) is 0 Å². The topological polar surface area (TPSA) is 142 Å². The van der Waals surface area contributed by atoms with E-state index in [9.17, 15) is 14.7 Å². The molecule has 3 heterocycles. The van der Waals surface area contributed by atoms with Crippen molar-refractivity contribution >= 4 is 17.8 Å². The average Bonchev–Trinajstić information content (AvgIpc) is 3.79. The summed E-state index contributed by atoms with van der Waals surface area (Å²) < 4.78 is 36.3. The second-order valence-corrected chi connectivity index (χ2v) is 13.7. The first-order valence-corrected chi connectivity index (χ1v) is 16.9. The number of ether oxygens (including phenoxy) is 6. The molecule has 1 aliphatic carbocycles. The van der Waals surface area contributed by atoms with Gasteiger partial charge in [-0.1, -0.05) is 56.3 Å². The van der Waals surface area contributed by atoms with Crippen LogP contribution in [0.1, 0.15) is 62.6 Å². The molecule has 1 saturated heterocycles. The third-order valence-electron chi connectivity index (χ3n) is 10.2. The summed E-state index contributed by atoms with van der Waals surface area (Å²) in [6, 6.07) is 18.0. The molecule has 1 saturated carbocycles. The second-order valence-electron chi connectivity index (χ2n) is 13.7. The maximum atomic E-state index is 15.4. The minimum atomic E-state index is -2.24. The number of hydrogen-bond acceptors (Lipinski definition) is 10. The fourth-order valence-corrected chi connectivity index (χ4v) is 8.38. The van der Waals surface area contributed by atoms with E-state index in [0.717, 1.165) is 0 Å². The molecule has 4 aliphatic rings. The Balaban J connectivity index is 1.51. The van der Waals surface area contributed by atoms with Crippen molar-refractivity contribution in [2.75, 3.05) is 27.6 Å². The third kappa shape index (κ3) is 5.10. The van der Waals surface area contributed by atoms with Crippen LogP contribution in [0.2, 0.25) is 0 Å². The minimum Gasteiger partial charge on any atom is -0.497 e. The van der Waals surface area contributed by atoms with Crippen LogP contribution in [-0.4, -0.2) is 67.6 Å². The number of carbonyl (C=O) groups excluding carboxylic acids is 3. The Morgan fingerprint density at radius 2 is 1.76 bits per heavy atom. The van der Waals surface area contributed by atoms with Crippen LogP contribution >= 0.6 is 0 Å². The van der Waals surface area contributed by atoms with Crippen molar-refractivity contribution in [3.8, 4) is 28.7 Å². The van der Waals surface area contributed by atoms with Crippen molar-refractivity contribution in [1.82, 2.24) is 10.2 Å².